The van der Waals surface area contributed by atoms with Crippen LogP contribution in [0, 0.1) is 11.8 Å². The molecule has 2 aliphatic rings. The Balaban J connectivity index is 1.60. The van der Waals surface area contributed by atoms with Crippen LogP contribution in [0.2, 0.25) is 0 Å². The molecule has 2 heterocycles. The first-order chi connectivity index (χ1) is 12.4. The summed E-state index contributed by atoms with van der Waals surface area (Å²) in [4.78, 5) is 12.8. The molecule has 7 nitrogen and oxygen atoms in total. The van der Waals surface area contributed by atoms with Crippen LogP contribution in [0.4, 0.5) is 25.1 Å². The van der Waals surface area contributed by atoms with Gasteiger partial charge < -0.3 is 10.6 Å². The first kappa shape index (κ1) is 17.0. The molecule has 26 heavy (non-hydrogen) atoms. The Morgan fingerprint density at radius 2 is 1.88 bits per heavy atom. The third-order valence-corrected chi connectivity index (χ3v) is 4.64. The van der Waals surface area contributed by atoms with E-state index < -0.39 is 11.9 Å². The average Bonchev–Trinajstić information content (AvgIpc) is 3.50. The number of hydrogen-bond donors (Lipinski definition) is 2. The van der Waals surface area contributed by atoms with E-state index >= 15 is 0 Å². The van der Waals surface area contributed by atoms with E-state index in [0.717, 1.165) is 30.1 Å². The van der Waals surface area contributed by atoms with E-state index in [4.69, 9.17) is 0 Å². The Morgan fingerprint density at radius 3 is 2.50 bits per heavy atom. The highest BCUT2D eigenvalue weighted by Crippen LogP contribution is 2.34. The summed E-state index contributed by atoms with van der Waals surface area (Å²) in [5.74, 6) is 1.94. The van der Waals surface area contributed by atoms with E-state index in [1.807, 2.05) is 6.92 Å². The maximum Gasteiger partial charge on any atom is 0.435 e. The van der Waals surface area contributed by atoms with Crippen molar-refractivity contribution in [2.45, 2.75) is 44.8 Å². The molecule has 2 aromatic rings. The first-order valence-electron chi connectivity index (χ1n) is 8.78. The monoisotopic (exact) mass is 367 g/mol. The summed E-state index contributed by atoms with van der Waals surface area (Å²) in [7, 11) is 0. The highest BCUT2D eigenvalue weighted by atomic mass is 19.4. The van der Waals surface area contributed by atoms with Gasteiger partial charge in [0.1, 0.15) is 0 Å². The molecule has 0 aromatic carbocycles. The molecular weight excluding hydrogens is 347 g/mol. The number of hydrogen-bond acceptors (Lipinski definition) is 6. The number of alkyl halides is 3. The summed E-state index contributed by atoms with van der Waals surface area (Å²) < 4.78 is 39.4. The molecular formula is C16H20F3N7. The van der Waals surface area contributed by atoms with E-state index in [9.17, 15) is 13.2 Å². The Bertz CT molecular complexity index is 780. The van der Waals surface area contributed by atoms with Gasteiger partial charge in [0.25, 0.3) is 5.95 Å². The van der Waals surface area contributed by atoms with E-state index in [1.54, 1.807) is 0 Å². The quantitative estimate of drug-likeness (QED) is 0.783. The lowest BCUT2D eigenvalue weighted by atomic mass is 10.2. The second-order valence-corrected chi connectivity index (χ2v) is 7.02. The van der Waals surface area contributed by atoms with Gasteiger partial charge in [-0.3, -0.25) is 0 Å². The van der Waals surface area contributed by atoms with Gasteiger partial charge in [-0.05, 0) is 50.5 Å². The maximum atomic E-state index is 12.8. The minimum absolute atomic E-state index is 0.0549. The molecule has 0 radical (unpaired) electrons. The van der Waals surface area contributed by atoms with E-state index in [1.165, 1.54) is 19.0 Å². The predicted molar refractivity (Wildman–Crippen MR) is 89.0 cm³/mol. The topological polar surface area (TPSA) is 80.5 Å². The van der Waals surface area contributed by atoms with Crippen LogP contribution >= 0.6 is 0 Å². The molecule has 140 valence electrons. The van der Waals surface area contributed by atoms with Crippen molar-refractivity contribution in [3.63, 3.8) is 0 Å². The van der Waals surface area contributed by atoms with Crippen LogP contribution in [0.5, 0.6) is 0 Å². The lowest BCUT2D eigenvalue weighted by Gasteiger charge is -2.14. The molecule has 2 N–H and O–H groups in total. The van der Waals surface area contributed by atoms with Crippen LogP contribution in [0.15, 0.2) is 12.3 Å². The summed E-state index contributed by atoms with van der Waals surface area (Å²) >= 11 is 0. The van der Waals surface area contributed by atoms with Gasteiger partial charge in [-0.15, -0.1) is 0 Å². The van der Waals surface area contributed by atoms with Crippen molar-refractivity contribution in [1.29, 1.82) is 0 Å². The third kappa shape index (κ3) is 4.05. The van der Waals surface area contributed by atoms with Gasteiger partial charge in [-0.2, -0.15) is 33.2 Å². The fourth-order valence-electron chi connectivity index (χ4n) is 2.67. The van der Waals surface area contributed by atoms with Crippen molar-refractivity contribution >= 4 is 11.9 Å². The number of halogens is 3. The third-order valence-electron chi connectivity index (χ3n) is 4.64. The summed E-state index contributed by atoms with van der Waals surface area (Å²) in [5.41, 5.74) is -0.980. The van der Waals surface area contributed by atoms with Gasteiger partial charge in [-0.25, -0.2) is 4.68 Å². The molecule has 0 spiro atoms. The second-order valence-electron chi connectivity index (χ2n) is 7.02. The smallest absolute Gasteiger partial charge is 0.354 e. The number of nitrogens with zero attached hydrogens (tertiary/aromatic N) is 5. The Morgan fingerprint density at radius 1 is 1.15 bits per heavy atom. The molecule has 1 unspecified atom stereocenters. The largest absolute Gasteiger partial charge is 0.435 e. The van der Waals surface area contributed by atoms with Crippen LogP contribution in [-0.4, -0.2) is 37.3 Å². The highest BCUT2D eigenvalue weighted by molar-refractivity contribution is 5.39. The summed E-state index contributed by atoms with van der Waals surface area (Å²) in [6.07, 6.45) is 1.36. The predicted octanol–water partition coefficient (Wildman–Crippen LogP) is 3.11. The fourth-order valence-corrected chi connectivity index (χ4v) is 2.67. The molecule has 10 heteroatoms. The normalized spacial score (nSPS) is 18.6. The van der Waals surface area contributed by atoms with Crippen LogP contribution in [-0.2, 0) is 6.18 Å². The van der Waals surface area contributed by atoms with Gasteiger partial charge in [0.05, 0.1) is 0 Å². The average molecular weight is 367 g/mol. The zero-order chi connectivity index (χ0) is 18.3. The first-order valence-corrected chi connectivity index (χ1v) is 8.78. The van der Waals surface area contributed by atoms with Gasteiger partial charge in [0, 0.05) is 18.8 Å². The minimum Gasteiger partial charge on any atom is -0.354 e. The van der Waals surface area contributed by atoms with Crippen LogP contribution in [0.3, 0.4) is 0 Å². The lowest BCUT2D eigenvalue weighted by Crippen LogP contribution is -2.21. The van der Waals surface area contributed by atoms with Crippen molar-refractivity contribution in [3.8, 4) is 5.95 Å². The number of anilines is 2. The van der Waals surface area contributed by atoms with Crippen molar-refractivity contribution < 1.29 is 13.2 Å². The Labute approximate surface area is 148 Å². The summed E-state index contributed by atoms with van der Waals surface area (Å²) in [6, 6.07) is 1.10. The van der Waals surface area contributed by atoms with Gasteiger partial charge >= 0.3 is 6.18 Å². The highest BCUT2D eigenvalue weighted by Gasteiger charge is 2.34. The molecule has 0 amide bonds. The van der Waals surface area contributed by atoms with Crippen LogP contribution in [0.1, 0.15) is 38.3 Å². The van der Waals surface area contributed by atoms with Crippen molar-refractivity contribution in [2.24, 2.45) is 11.8 Å². The van der Waals surface area contributed by atoms with E-state index in [0.29, 0.717) is 23.7 Å². The lowest BCUT2D eigenvalue weighted by molar-refractivity contribution is -0.141. The van der Waals surface area contributed by atoms with Crippen molar-refractivity contribution in [2.75, 3.05) is 17.2 Å². The van der Waals surface area contributed by atoms with Gasteiger partial charge in [0.2, 0.25) is 11.9 Å². The minimum atomic E-state index is -4.51. The molecule has 0 bridgehead atoms. The molecule has 1 atom stereocenters. The maximum absolute atomic E-state index is 12.8. The van der Waals surface area contributed by atoms with E-state index in [2.05, 4.69) is 30.7 Å². The standard InChI is InChI=1S/C16H20F3N7/c1-9(11-4-5-11)21-14-22-13(20-8-10-2-3-10)23-15(24-14)26-7-6-12(25-26)16(17,18)19/h6-7,9-11H,2-5,8H2,1H3,(H2,20,21,22,23,24). The molecule has 4 rings (SSSR count). The molecule has 2 fully saturated rings. The number of aromatic nitrogens is 5. The molecule has 0 aliphatic heterocycles. The van der Waals surface area contributed by atoms with Crippen LogP contribution < -0.4 is 10.6 Å². The zero-order valence-electron chi connectivity index (χ0n) is 14.3. The number of rotatable bonds is 7. The number of nitrogens with one attached hydrogen (secondary N) is 2. The molecule has 2 aliphatic carbocycles. The van der Waals surface area contributed by atoms with Crippen molar-refractivity contribution in [1.82, 2.24) is 24.7 Å². The summed E-state index contributed by atoms with van der Waals surface area (Å²) in [6.45, 7) is 2.79. The van der Waals surface area contributed by atoms with Gasteiger partial charge in [-0.1, -0.05) is 0 Å². The van der Waals surface area contributed by atoms with Gasteiger partial charge in [0.15, 0.2) is 5.69 Å². The fraction of sp³-hybridized carbons (Fsp3) is 0.625. The van der Waals surface area contributed by atoms with E-state index in [-0.39, 0.29) is 12.0 Å². The molecule has 2 saturated carbocycles. The molecule has 2 aromatic heterocycles. The van der Waals surface area contributed by atoms with Crippen molar-refractivity contribution in [3.05, 3.63) is 18.0 Å². The Hall–Kier alpha value is -2.39. The molecule has 0 saturated heterocycles. The second kappa shape index (κ2) is 6.40. The summed E-state index contributed by atoms with van der Waals surface area (Å²) in [5, 5.41) is 9.93. The SMILES string of the molecule is CC(Nc1nc(NCC2CC2)nc(-n2ccc(C(F)(F)F)n2)n1)C1CC1. The van der Waals surface area contributed by atoms with Crippen LogP contribution in [0.25, 0.3) is 5.95 Å². The zero-order valence-corrected chi connectivity index (χ0v) is 14.3. The Kier molecular flexibility index (Phi) is 4.20.